The van der Waals surface area contributed by atoms with E-state index in [1.165, 1.54) is 30.2 Å². The highest BCUT2D eigenvalue weighted by Crippen LogP contribution is 2.37. The SMILES string of the molecule is O=C(Nc1nccs1)C(CC1CCCC1)c1ccccc1[N+](=O)[O-]. The lowest BCUT2D eigenvalue weighted by Crippen LogP contribution is -2.23. The summed E-state index contributed by atoms with van der Waals surface area (Å²) in [6.07, 6.45) is 6.77. The standard InChI is InChI=1S/C17H19N3O3S/c21-16(19-17-18-9-10-24-17)14(11-12-5-1-2-6-12)13-7-3-4-8-15(13)20(22)23/h3-4,7-10,12,14H,1-2,5-6,11H2,(H,18,19,21). The third kappa shape index (κ3) is 3.79. The molecule has 1 heterocycles. The van der Waals surface area contributed by atoms with Crippen LogP contribution in [0, 0.1) is 16.0 Å². The van der Waals surface area contributed by atoms with Gasteiger partial charge in [0.1, 0.15) is 0 Å². The fourth-order valence-electron chi connectivity index (χ4n) is 3.38. The Hall–Kier alpha value is -2.28. The van der Waals surface area contributed by atoms with Crippen molar-refractivity contribution in [2.75, 3.05) is 5.32 Å². The van der Waals surface area contributed by atoms with Crippen LogP contribution in [0.25, 0.3) is 0 Å². The normalized spacial score (nSPS) is 16.0. The van der Waals surface area contributed by atoms with Gasteiger partial charge in [0.05, 0.1) is 10.8 Å². The molecule has 0 aliphatic heterocycles. The molecule has 0 radical (unpaired) electrons. The van der Waals surface area contributed by atoms with E-state index in [9.17, 15) is 14.9 Å². The summed E-state index contributed by atoms with van der Waals surface area (Å²) >= 11 is 1.34. The number of carbonyl (C=O) groups is 1. The van der Waals surface area contributed by atoms with Gasteiger partial charge in [0.15, 0.2) is 5.13 Å². The lowest BCUT2D eigenvalue weighted by atomic mass is 9.86. The van der Waals surface area contributed by atoms with Crippen molar-refractivity contribution in [1.82, 2.24) is 4.98 Å². The summed E-state index contributed by atoms with van der Waals surface area (Å²) in [5.74, 6) is -0.304. The van der Waals surface area contributed by atoms with Crippen LogP contribution in [0.4, 0.5) is 10.8 Å². The number of hydrogen-bond acceptors (Lipinski definition) is 5. The highest BCUT2D eigenvalue weighted by atomic mass is 32.1. The molecule has 0 spiro atoms. The third-order valence-corrected chi connectivity index (χ3v) is 5.22. The van der Waals surface area contributed by atoms with Gasteiger partial charge in [-0.15, -0.1) is 11.3 Å². The molecule has 1 aliphatic rings. The van der Waals surface area contributed by atoms with Crippen molar-refractivity contribution in [3.63, 3.8) is 0 Å². The van der Waals surface area contributed by atoms with Crippen molar-refractivity contribution in [3.05, 3.63) is 51.5 Å². The third-order valence-electron chi connectivity index (χ3n) is 4.53. The van der Waals surface area contributed by atoms with Gasteiger partial charge in [0.25, 0.3) is 5.69 Å². The first-order chi connectivity index (χ1) is 11.6. The number of para-hydroxylation sites is 1. The number of thiazole rings is 1. The van der Waals surface area contributed by atoms with Crippen LogP contribution in [-0.2, 0) is 4.79 Å². The maximum Gasteiger partial charge on any atom is 0.273 e. The van der Waals surface area contributed by atoms with Crippen LogP contribution in [0.5, 0.6) is 0 Å². The summed E-state index contributed by atoms with van der Waals surface area (Å²) < 4.78 is 0. The Bertz CT molecular complexity index is 712. The fourth-order valence-corrected chi connectivity index (χ4v) is 3.91. The van der Waals surface area contributed by atoms with E-state index in [-0.39, 0.29) is 11.6 Å². The number of nitrogens with zero attached hydrogens (tertiary/aromatic N) is 2. The van der Waals surface area contributed by atoms with Gasteiger partial charge in [-0.05, 0) is 12.3 Å². The Kier molecular flexibility index (Phi) is 5.20. The molecule has 1 fully saturated rings. The van der Waals surface area contributed by atoms with Crippen LogP contribution in [0.2, 0.25) is 0 Å². The molecule has 1 saturated carbocycles. The summed E-state index contributed by atoms with van der Waals surface area (Å²) in [5, 5.41) is 16.5. The summed E-state index contributed by atoms with van der Waals surface area (Å²) in [6, 6.07) is 6.54. The molecule has 1 aromatic heterocycles. The lowest BCUT2D eigenvalue weighted by Gasteiger charge is -2.20. The van der Waals surface area contributed by atoms with Crippen LogP contribution in [0.15, 0.2) is 35.8 Å². The molecule has 0 bridgehead atoms. The van der Waals surface area contributed by atoms with Crippen LogP contribution >= 0.6 is 11.3 Å². The van der Waals surface area contributed by atoms with Crippen LogP contribution in [0.3, 0.4) is 0 Å². The topological polar surface area (TPSA) is 85.1 Å². The Morgan fingerprint density at radius 1 is 1.38 bits per heavy atom. The molecule has 2 aromatic rings. The summed E-state index contributed by atoms with van der Waals surface area (Å²) in [4.78, 5) is 27.8. The second kappa shape index (κ2) is 7.53. The number of nitro benzene ring substituents is 1. The van der Waals surface area contributed by atoms with Gasteiger partial charge in [-0.3, -0.25) is 14.9 Å². The predicted octanol–water partition coefficient (Wildman–Crippen LogP) is 4.35. The number of anilines is 1. The number of hydrogen-bond donors (Lipinski definition) is 1. The van der Waals surface area contributed by atoms with Gasteiger partial charge >= 0.3 is 0 Å². The van der Waals surface area contributed by atoms with Crippen molar-refractivity contribution in [1.29, 1.82) is 0 Å². The van der Waals surface area contributed by atoms with E-state index in [0.29, 0.717) is 23.0 Å². The van der Waals surface area contributed by atoms with Crippen molar-refractivity contribution >= 4 is 28.1 Å². The number of amides is 1. The Balaban J connectivity index is 1.89. The maximum atomic E-state index is 12.8. The molecule has 6 nitrogen and oxygen atoms in total. The van der Waals surface area contributed by atoms with Crippen LogP contribution in [-0.4, -0.2) is 15.8 Å². The molecule has 1 aliphatic carbocycles. The highest BCUT2D eigenvalue weighted by molar-refractivity contribution is 7.13. The minimum absolute atomic E-state index is 0.00906. The first-order valence-electron chi connectivity index (χ1n) is 8.09. The molecule has 0 saturated heterocycles. The summed E-state index contributed by atoms with van der Waals surface area (Å²) in [7, 11) is 0. The van der Waals surface area contributed by atoms with E-state index >= 15 is 0 Å². The van der Waals surface area contributed by atoms with E-state index in [1.807, 2.05) is 0 Å². The van der Waals surface area contributed by atoms with E-state index in [4.69, 9.17) is 0 Å². The molecule has 1 unspecified atom stereocenters. The van der Waals surface area contributed by atoms with Crippen molar-refractivity contribution in [3.8, 4) is 0 Å². The minimum Gasteiger partial charge on any atom is -0.301 e. The Labute approximate surface area is 144 Å². The van der Waals surface area contributed by atoms with E-state index in [1.54, 1.807) is 29.8 Å². The van der Waals surface area contributed by atoms with Crippen LogP contribution in [0.1, 0.15) is 43.6 Å². The van der Waals surface area contributed by atoms with Crippen molar-refractivity contribution in [2.45, 2.75) is 38.0 Å². The average molecular weight is 345 g/mol. The number of carbonyl (C=O) groups excluding carboxylic acids is 1. The van der Waals surface area contributed by atoms with Gasteiger partial charge in [0.2, 0.25) is 5.91 Å². The van der Waals surface area contributed by atoms with Crippen molar-refractivity contribution in [2.24, 2.45) is 5.92 Å². The number of nitro groups is 1. The second-order valence-corrected chi connectivity index (χ2v) is 6.98. The number of benzene rings is 1. The van der Waals surface area contributed by atoms with E-state index < -0.39 is 10.8 Å². The molecule has 126 valence electrons. The van der Waals surface area contributed by atoms with Gasteiger partial charge in [0, 0.05) is 23.2 Å². The predicted molar refractivity (Wildman–Crippen MR) is 93.2 cm³/mol. The van der Waals surface area contributed by atoms with Gasteiger partial charge in [-0.25, -0.2) is 4.98 Å². The Morgan fingerprint density at radius 3 is 2.79 bits per heavy atom. The summed E-state index contributed by atoms with van der Waals surface area (Å²) in [6.45, 7) is 0. The smallest absolute Gasteiger partial charge is 0.273 e. The minimum atomic E-state index is -0.529. The quantitative estimate of drug-likeness (QED) is 0.623. The molecule has 7 heteroatoms. The molecule has 1 aromatic carbocycles. The Morgan fingerprint density at radius 2 is 2.12 bits per heavy atom. The van der Waals surface area contributed by atoms with E-state index in [0.717, 1.165) is 12.8 Å². The van der Waals surface area contributed by atoms with Gasteiger partial charge in [-0.2, -0.15) is 0 Å². The number of rotatable bonds is 6. The average Bonchev–Trinajstić information content (AvgIpc) is 3.26. The van der Waals surface area contributed by atoms with Crippen LogP contribution < -0.4 is 5.32 Å². The second-order valence-electron chi connectivity index (χ2n) is 6.08. The zero-order chi connectivity index (χ0) is 16.9. The first kappa shape index (κ1) is 16.6. The van der Waals surface area contributed by atoms with Gasteiger partial charge in [-0.1, -0.05) is 43.9 Å². The number of nitrogens with one attached hydrogen (secondary N) is 1. The lowest BCUT2D eigenvalue weighted by molar-refractivity contribution is -0.385. The van der Waals surface area contributed by atoms with Crippen molar-refractivity contribution < 1.29 is 9.72 Å². The zero-order valence-corrected chi connectivity index (χ0v) is 14.0. The summed E-state index contributed by atoms with van der Waals surface area (Å²) in [5.41, 5.74) is 0.498. The maximum absolute atomic E-state index is 12.8. The molecule has 1 amide bonds. The molecule has 1 atom stereocenters. The fraction of sp³-hybridized carbons (Fsp3) is 0.412. The highest BCUT2D eigenvalue weighted by Gasteiger charge is 2.31. The van der Waals surface area contributed by atoms with E-state index in [2.05, 4.69) is 10.3 Å². The molecule has 24 heavy (non-hydrogen) atoms. The number of aromatic nitrogens is 1. The molecular weight excluding hydrogens is 326 g/mol. The van der Waals surface area contributed by atoms with Gasteiger partial charge < -0.3 is 5.32 Å². The molecular formula is C17H19N3O3S. The zero-order valence-electron chi connectivity index (χ0n) is 13.2. The monoisotopic (exact) mass is 345 g/mol. The largest absolute Gasteiger partial charge is 0.301 e. The molecule has 3 rings (SSSR count). The first-order valence-corrected chi connectivity index (χ1v) is 8.97. The molecule has 1 N–H and O–H groups in total.